The van der Waals surface area contributed by atoms with Crippen LogP contribution in [0.2, 0.25) is 0 Å². The molecule has 0 aliphatic heterocycles. The molecular weight excluding hydrogens is 211 g/mol. The molecule has 0 rings (SSSR count). The molecule has 8 heteroatoms. The van der Waals surface area contributed by atoms with Gasteiger partial charge in [0.25, 0.3) is 0 Å². The Morgan fingerprint density at radius 2 is 2.07 bits per heavy atom. The van der Waals surface area contributed by atoms with Crippen molar-refractivity contribution < 1.29 is 24.3 Å². The molecule has 0 unspecified atom stereocenters. The molecule has 0 aromatic heterocycles. The van der Waals surface area contributed by atoms with E-state index < -0.39 is 25.9 Å². The first-order valence-electron chi connectivity index (χ1n) is 4.07. The standard InChI is InChI=1S/C6H15N2O5P/c7-3-1-2-5(6(9)10)8-4-14(11,12)13/h5,8H,1-4,7H2,(H,9,10)(H2,11,12,13)/t5-/m1/s1. The normalized spacial score (nSPS) is 13.9. The van der Waals surface area contributed by atoms with E-state index in [9.17, 15) is 9.36 Å². The molecule has 0 saturated heterocycles. The maximum absolute atomic E-state index is 10.6. The van der Waals surface area contributed by atoms with Crippen LogP contribution in [0.15, 0.2) is 0 Å². The molecule has 0 heterocycles. The topological polar surface area (TPSA) is 133 Å². The number of carboxylic acid groups (broad SMARTS) is 1. The van der Waals surface area contributed by atoms with Gasteiger partial charge < -0.3 is 20.6 Å². The molecule has 0 spiro atoms. The minimum atomic E-state index is -4.20. The van der Waals surface area contributed by atoms with Crippen LogP contribution in [0.4, 0.5) is 0 Å². The molecule has 0 saturated carbocycles. The molecule has 0 radical (unpaired) electrons. The Morgan fingerprint density at radius 1 is 1.50 bits per heavy atom. The van der Waals surface area contributed by atoms with E-state index in [1.807, 2.05) is 0 Å². The third-order valence-corrected chi connectivity index (χ3v) is 2.13. The van der Waals surface area contributed by atoms with Crippen molar-refractivity contribution in [3.8, 4) is 0 Å². The second-order valence-corrected chi connectivity index (χ2v) is 4.49. The molecule has 1 atom stereocenters. The number of rotatable bonds is 7. The molecule has 14 heavy (non-hydrogen) atoms. The van der Waals surface area contributed by atoms with Crippen molar-refractivity contribution in [2.75, 3.05) is 12.8 Å². The number of carbonyl (C=O) groups is 1. The van der Waals surface area contributed by atoms with E-state index in [2.05, 4.69) is 5.32 Å². The Bertz CT molecular complexity index is 228. The van der Waals surface area contributed by atoms with Crippen LogP contribution in [0.5, 0.6) is 0 Å². The lowest BCUT2D eigenvalue weighted by atomic mass is 10.1. The molecule has 0 aromatic carbocycles. The van der Waals surface area contributed by atoms with Crippen LogP contribution in [0.1, 0.15) is 12.8 Å². The van der Waals surface area contributed by atoms with Gasteiger partial charge >= 0.3 is 13.6 Å². The molecule has 0 fully saturated rings. The quantitative estimate of drug-likeness (QED) is 0.348. The van der Waals surface area contributed by atoms with Gasteiger partial charge in [-0.05, 0) is 19.4 Å². The van der Waals surface area contributed by atoms with Gasteiger partial charge in [0.1, 0.15) is 6.04 Å². The van der Waals surface area contributed by atoms with Crippen molar-refractivity contribution in [3.05, 3.63) is 0 Å². The zero-order valence-corrected chi connectivity index (χ0v) is 8.48. The maximum Gasteiger partial charge on any atom is 0.339 e. The summed E-state index contributed by atoms with van der Waals surface area (Å²) in [7, 11) is -4.20. The Kier molecular flexibility index (Phi) is 5.90. The third-order valence-electron chi connectivity index (χ3n) is 1.54. The van der Waals surface area contributed by atoms with E-state index in [4.69, 9.17) is 20.6 Å². The highest BCUT2D eigenvalue weighted by Crippen LogP contribution is 2.32. The maximum atomic E-state index is 10.6. The summed E-state index contributed by atoms with van der Waals surface area (Å²) in [5.41, 5.74) is 5.18. The molecule has 6 N–H and O–H groups in total. The number of nitrogens with one attached hydrogen (secondary N) is 1. The summed E-state index contributed by atoms with van der Waals surface area (Å²) in [4.78, 5) is 27.6. The lowest BCUT2D eigenvalue weighted by molar-refractivity contribution is -0.139. The van der Waals surface area contributed by atoms with Crippen LogP contribution in [0.25, 0.3) is 0 Å². The zero-order chi connectivity index (χ0) is 11.2. The molecule has 84 valence electrons. The molecule has 0 aromatic rings. The van der Waals surface area contributed by atoms with E-state index in [0.717, 1.165) is 0 Å². The molecule has 7 nitrogen and oxygen atoms in total. The summed E-state index contributed by atoms with van der Waals surface area (Å²) in [5.74, 6) is -1.13. The van der Waals surface area contributed by atoms with Crippen molar-refractivity contribution in [1.82, 2.24) is 5.32 Å². The molecule has 0 aliphatic carbocycles. The number of nitrogens with two attached hydrogens (primary N) is 1. The first kappa shape index (κ1) is 13.5. The van der Waals surface area contributed by atoms with E-state index in [-0.39, 0.29) is 6.42 Å². The second kappa shape index (κ2) is 6.10. The fourth-order valence-corrected chi connectivity index (χ4v) is 1.32. The van der Waals surface area contributed by atoms with E-state index in [1.54, 1.807) is 0 Å². The van der Waals surface area contributed by atoms with Crippen LogP contribution in [0.3, 0.4) is 0 Å². The molecule has 0 amide bonds. The lowest BCUT2D eigenvalue weighted by Gasteiger charge is -2.14. The van der Waals surface area contributed by atoms with Crippen molar-refractivity contribution >= 4 is 13.6 Å². The predicted octanol–water partition coefficient (Wildman–Crippen LogP) is -1.10. The summed E-state index contributed by atoms with van der Waals surface area (Å²) in [6, 6.07) is -0.953. The van der Waals surface area contributed by atoms with E-state index >= 15 is 0 Å². The van der Waals surface area contributed by atoms with Gasteiger partial charge in [-0.2, -0.15) is 0 Å². The van der Waals surface area contributed by atoms with Crippen LogP contribution >= 0.6 is 7.60 Å². The fraction of sp³-hybridized carbons (Fsp3) is 0.833. The first-order chi connectivity index (χ1) is 6.37. The van der Waals surface area contributed by atoms with Crippen molar-refractivity contribution in [2.45, 2.75) is 18.9 Å². The third kappa shape index (κ3) is 6.99. The summed E-state index contributed by atoms with van der Waals surface area (Å²) in [6.07, 6.45) is 0.117. The number of aliphatic carboxylic acids is 1. The first-order valence-corrected chi connectivity index (χ1v) is 5.87. The van der Waals surface area contributed by atoms with Gasteiger partial charge in [0.15, 0.2) is 0 Å². The SMILES string of the molecule is NCCC[C@@H](NCP(=O)(O)O)C(=O)O. The highest BCUT2D eigenvalue weighted by molar-refractivity contribution is 7.51. The average Bonchev–Trinajstić information content (AvgIpc) is 2.01. The Labute approximate surface area is 81.5 Å². The minimum Gasteiger partial charge on any atom is -0.480 e. The Hall–Kier alpha value is -0.460. The van der Waals surface area contributed by atoms with Gasteiger partial charge in [0, 0.05) is 0 Å². The Morgan fingerprint density at radius 3 is 2.43 bits per heavy atom. The van der Waals surface area contributed by atoms with E-state index in [1.165, 1.54) is 0 Å². The number of hydrogen-bond acceptors (Lipinski definition) is 4. The summed E-state index contributed by atoms with van der Waals surface area (Å²) >= 11 is 0. The van der Waals surface area contributed by atoms with Crippen LogP contribution in [0, 0.1) is 0 Å². The fourth-order valence-electron chi connectivity index (χ4n) is 0.864. The van der Waals surface area contributed by atoms with Crippen LogP contribution < -0.4 is 11.1 Å². The number of carboxylic acids is 1. The van der Waals surface area contributed by atoms with Crippen LogP contribution in [-0.4, -0.2) is 39.7 Å². The number of hydrogen-bond donors (Lipinski definition) is 5. The predicted molar refractivity (Wildman–Crippen MR) is 49.8 cm³/mol. The molecule has 0 aliphatic rings. The summed E-state index contributed by atoms with van der Waals surface area (Å²) in [6.45, 7) is 0.349. The van der Waals surface area contributed by atoms with Gasteiger partial charge in [-0.25, -0.2) is 0 Å². The van der Waals surface area contributed by atoms with E-state index in [0.29, 0.717) is 13.0 Å². The minimum absolute atomic E-state index is 0.256. The summed E-state index contributed by atoms with van der Waals surface area (Å²) < 4.78 is 10.4. The smallest absolute Gasteiger partial charge is 0.339 e. The van der Waals surface area contributed by atoms with Gasteiger partial charge in [0.05, 0.1) is 6.29 Å². The summed E-state index contributed by atoms with van der Waals surface area (Å²) in [5, 5.41) is 10.9. The highest BCUT2D eigenvalue weighted by Gasteiger charge is 2.20. The second-order valence-electron chi connectivity index (χ2n) is 2.85. The van der Waals surface area contributed by atoms with Gasteiger partial charge in [-0.1, -0.05) is 0 Å². The monoisotopic (exact) mass is 226 g/mol. The van der Waals surface area contributed by atoms with Crippen molar-refractivity contribution in [2.24, 2.45) is 5.73 Å². The van der Waals surface area contributed by atoms with Gasteiger partial charge in [0.2, 0.25) is 0 Å². The average molecular weight is 226 g/mol. The van der Waals surface area contributed by atoms with Gasteiger partial charge in [-0.3, -0.25) is 14.7 Å². The lowest BCUT2D eigenvalue weighted by Crippen LogP contribution is -2.37. The van der Waals surface area contributed by atoms with Gasteiger partial charge in [-0.15, -0.1) is 0 Å². The zero-order valence-electron chi connectivity index (χ0n) is 7.59. The van der Waals surface area contributed by atoms with Crippen molar-refractivity contribution in [1.29, 1.82) is 0 Å². The van der Waals surface area contributed by atoms with Crippen molar-refractivity contribution in [3.63, 3.8) is 0 Å². The highest BCUT2D eigenvalue weighted by atomic mass is 31.2. The Balaban J connectivity index is 3.98. The molecular formula is C6H15N2O5P. The largest absolute Gasteiger partial charge is 0.480 e. The van der Waals surface area contributed by atoms with Crippen LogP contribution in [-0.2, 0) is 9.36 Å². The molecule has 0 bridgehead atoms.